The number of ether oxygens (including phenoxy) is 1. The van der Waals surface area contributed by atoms with Gasteiger partial charge in [0, 0.05) is 23.0 Å². The lowest BCUT2D eigenvalue weighted by molar-refractivity contribution is -0.111. The molecule has 0 radical (unpaired) electrons. The molecule has 0 aliphatic heterocycles. The first-order valence-corrected chi connectivity index (χ1v) is 9.07. The standard InChI is InChI=1S/C22H23N3O5/c1-22(2,3)30-21(29)25-18-7-5-17(6-8-18)24-20(28)11-15(12-23)14-4-9-19(27)16(10-14)13-26/h4-11,26-27H,13H2,1-3H3,(H,24,28)(H,25,29)/b15-11-. The highest BCUT2D eigenvalue weighted by Gasteiger charge is 2.16. The zero-order chi connectivity index (χ0) is 22.3. The maximum atomic E-state index is 12.3. The number of hydrogen-bond donors (Lipinski definition) is 4. The molecule has 0 spiro atoms. The highest BCUT2D eigenvalue weighted by Crippen LogP contribution is 2.23. The summed E-state index contributed by atoms with van der Waals surface area (Å²) in [4.78, 5) is 24.0. The van der Waals surface area contributed by atoms with E-state index in [4.69, 9.17) is 4.74 Å². The number of carbonyl (C=O) groups excluding carboxylic acids is 2. The van der Waals surface area contributed by atoms with E-state index < -0.39 is 24.2 Å². The summed E-state index contributed by atoms with van der Waals surface area (Å²) in [7, 11) is 0. The Morgan fingerprint density at radius 3 is 2.23 bits per heavy atom. The molecule has 0 fully saturated rings. The van der Waals surface area contributed by atoms with E-state index in [0.717, 1.165) is 6.08 Å². The van der Waals surface area contributed by atoms with Gasteiger partial charge in [-0.15, -0.1) is 0 Å². The number of carbonyl (C=O) groups is 2. The summed E-state index contributed by atoms with van der Waals surface area (Å²) >= 11 is 0. The van der Waals surface area contributed by atoms with Gasteiger partial charge in [0.15, 0.2) is 0 Å². The first-order chi connectivity index (χ1) is 14.1. The Labute approximate surface area is 174 Å². The Bertz CT molecular complexity index is 999. The summed E-state index contributed by atoms with van der Waals surface area (Å²) in [6.45, 7) is 4.89. The van der Waals surface area contributed by atoms with Gasteiger partial charge < -0.3 is 20.3 Å². The predicted octanol–water partition coefficient (Wildman–Crippen LogP) is 3.78. The quantitative estimate of drug-likeness (QED) is 0.439. The number of hydrogen-bond acceptors (Lipinski definition) is 6. The molecule has 2 aromatic carbocycles. The molecule has 156 valence electrons. The topological polar surface area (TPSA) is 132 Å². The monoisotopic (exact) mass is 409 g/mol. The summed E-state index contributed by atoms with van der Waals surface area (Å²) in [6.07, 6.45) is 0.539. The lowest BCUT2D eigenvalue weighted by atomic mass is 10.0. The molecule has 0 aliphatic rings. The number of aliphatic hydroxyl groups is 1. The number of aromatic hydroxyl groups is 1. The van der Waals surface area contributed by atoms with Gasteiger partial charge in [-0.2, -0.15) is 5.26 Å². The molecular formula is C22H23N3O5. The van der Waals surface area contributed by atoms with Crippen LogP contribution in [-0.4, -0.2) is 27.8 Å². The lowest BCUT2D eigenvalue weighted by Crippen LogP contribution is -2.27. The Kier molecular flexibility index (Phi) is 7.17. The van der Waals surface area contributed by atoms with Crippen molar-refractivity contribution in [1.29, 1.82) is 5.26 Å². The molecule has 0 aromatic heterocycles. The number of nitrogens with zero attached hydrogens (tertiary/aromatic N) is 1. The van der Waals surface area contributed by atoms with Crippen molar-refractivity contribution < 1.29 is 24.5 Å². The van der Waals surface area contributed by atoms with Crippen LogP contribution in [0.15, 0.2) is 48.5 Å². The van der Waals surface area contributed by atoms with Gasteiger partial charge in [0.05, 0.1) is 18.2 Å². The maximum absolute atomic E-state index is 12.3. The number of aliphatic hydroxyl groups excluding tert-OH is 1. The van der Waals surface area contributed by atoms with Crippen LogP contribution in [0.3, 0.4) is 0 Å². The van der Waals surface area contributed by atoms with E-state index in [-0.39, 0.29) is 16.9 Å². The maximum Gasteiger partial charge on any atom is 0.412 e. The molecule has 8 heteroatoms. The number of allylic oxidation sites excluding steroid dienone is 1. The van der Waals surface area contributed by atoms with E-state index in [1.165, 1.54) is 18.2 Å². The van der Waals surface area contributed by atoms with Gasteiger partial charge in [0.2, 0.25) is 5.91 Å². The van der Waals surface area contributed by atoms with Crippen LogP contribution in [0.1, 0.15) is 31.9 Å². The van der Waals surface area contributed by atoms with Gasteiger partial charge in [-0.1, -0.05) is 0 Å². The second kappa shape index (κ2) is 9.58. The van der Waals surface area contributed by atoms with Crippen LogP contribution in [0, 0.1) is 11.3 Å². The van der Waals surface area contributed by atoms with Gasteiger partial charge in [-0.3, -0.25) is 10.1 Å². The number of nitriles is 1. The lowest BCUT2D eigenvalue weighted by Gasteiger charge is -2.19. The Balaban J connectivity index is 2.06. The van der Waals surface area contributed by atoms with E-state index in [2.05, 4.69) is 10.6 Å². The highest BCUT2D eigenvalue weighted by atomic mass is 16.6. The van der Waals surface area contributed by atoms with Crippen LogP contribution < -0.4 is 10.6 Å². The summed E-state index contributed by atoms with van der Waals surface area (Å²) in [5, 5.41) is 33.4. The predicted molar refractivity (Wildman–Crippen MR) is 113 cm³/mol. The van der Waals surface area contributed by atoms with E-state index in [1.54, 1.807) is 45.0 Å². The van der Waals surface area contributed by atoms with Gasteiger partial charge >= 0.3 is 6.09 Å². The molecule has 2 rings (SSSR count). The van der Waals surface area contributed by atoms with Crippen LogP contribution >= 0.6 is 0 Å². The molecule has 0 saturated carbocycles. The minimum Gasteiger partial charge on any atom is -0.508 e. The van der Waals surface area contributed by atoms with Gasteiger partial charge in [0.1, 0.15) is 11.4 Å². The molecule has 2 amide bonds. The minimum absolute atomic E-state index is 0.0745. The number of rotatable bonds is 5. The normalized spacial score (nSPS) is 11.4. The molecule has 4 N–H and O–H groups in total. The third-order valence-electron chi connectivity index (χ3n) is 3.75. The minimum atomic E-state index is -0.613. The SMILES string of the molecule is CC(C)(C)OC(=O)Nc1ccc(NC(=O)/C=C(/C#N)c2ccc(O)c(CO)c2)cc1. The molecule has 8 nitrogen and oxygen atoms in total. The first-order valence-electron chi connectivity index (χ1n) is 9.07. The van der Waals surface area contributed by atoms with Crippen molar-refractivity contribution in [3.63, 3.8) is 0 Å². The zero-order valence-electron chi connectivity index (χ0n) is 16.9. The van der Waals surface area contributed by atoms with Crippen LogP contribution in [0.5, 0.6) is 5.75 Å². The molecule has 0 bridgehead atoms. The smallest absolute Gasteiger partial charge is 0.412 e. The Hall–Kier alpha value is -3.83. The zero-order valence-corrected chi connectivity index (χ0v) is 16.9. The Morgan fingerprint density at radius 2 is 1.70 bits per heavy atom. The van der Waals surface area contributed by atoms with E-state index in [1.807, 2.05) is 6.07 Å². The molecular weight excluding hydrogens is 386 g/mol. The molecule has 0 saturated heterocycles. The van der Waals surface area contributed by atoms with Gasteiger partial charge in [-0.05, 0) is 68.8 Å². The summed E-state index contributed by atoms with van der Waals surface area (Å²) in [6, 6.07) is 12.6. The fraction of sp³-hybridized carbons (Fsp3) is 0.227. The summed E-state index contributed by atoms with van der Waals surface area (Å²) in [5.74, 6) is -0.624. The van der Waals surface area contributed by atoms with Crippen LogP contribution in [0.25, 0.3) is 5.57 Å². The fourth-order valence-corrected chi connectivity index (χ4v) is 2.43. The molecule has 0 aliphatic carbocycles. The molecule has 30 heavy (non-hydrogen) atoms. The Morgan fingerprint density at radius 1 is 1.10 bits per heavy atom. The van der Waals surface area contributed by atoms with Crippen molar-refractivity contribution in [1.82, 2.24) is 0 Å². The molecule has 0 heterocycles. The van der Waals surface area contributed by atoms with Crippen molar-refractivity contribution in [2.75, 3.05) is 10.6 Å². The number of benzene rings is 2. The van der Waals surface area contributed by atoms with Crippen molar-refractivity contribution in [3.05, 3.63) is 59.7 Å². The number of nitrogens with one attached hydrogen (secondary N) is 2. The second-order valence-electron chi connectivity index (χ2n) is 7.36. The summed E-state index contributed by atoms with van der Waals surface area (Å²) < 4.78 is 5.17. The van der Waals surface area contributed by atoms with Crippen molar-refractivity contribution >= 4 is 28.9 Å². The third kappa shape index (κ3) is 6.65. The second-order valence-corrected chi connectivity index (χ2v) is 7.36. The number of phenols is 1. The first kappa shape index (κ1) is 22.5. The molecule has 0 atom stereocenters. The number of anilines is 2. The summed E-state index contributed by atoms with van der Waals surface area (Å²) in [5.41, 5.74) is 1.07. The average molecular weight is 409 g/mol. The van der Waals surface area contributed by atoms with Gasteiger partial charge in [0.25, 0.3) is 0 Å². The van der Waals surface area contributed by atoms with E-state index in [0.29, 0.717) is 16.9 Å². The molecule has 2 aromatic rings. The number of amides is 2. The average Bonchev–Trinajstić information content (AvgIpc) is 2.66. The van der Waals surface area contributed by atoms with E-state index >= 15 is 0 Å². The van der Waals surface area contributed by atoms with Crippen LogP contribution in [0.2, 0.25) is 0 Å². The van der Waals surface area contributed by atoms with Crippen molar-refractivity contribution in [2.24, 2.45) is 0 Å². The fourth-order valence-electron chi connectivity index (χ4n) is 2.43. The van der Waals surface area contributed by atoms with E-state index in [9.17, 15) is 25.1 Å². The van der Waals surface area contributed by atoms with Gasteiger partial charge in [-0.25, -0.2) is 4.79 Å². The van der Waals surface area contributed by atoms with Crippen molar-refractivity contribution in [3.8, 4) is 11.8 Å². The van der Waals surface area contributed by atoms with Crippen LogP contribution in [0.4, 0.5) is 16.2 Å². The van der Waals surface area contributed by atoms with Crippen molar-refractivity contribution in [2.45, 2.75) is 33.0 Å². The third-order valence-corrected chi connectivity index (χ3v) is 3.75. The molecule has 0 unspecified atom stereocenters. The van der Waals surface area contributed by atoms with Crippen LogP contribution in [-0.2, 0) is 16.1 Å². The largest absolute Gasteiger partial charge is 0.508 e. The highest BCUT2D eigenvalue weighted by molar-refractivity contribution is 6.06.